The lowest BCUT2D eigenvalue weighted by atomic mass is 10.0. The largest absolute Gasteiger partial charge is 0.494 e. The molecule has 0 aliphatic rings. The number of nitrogens with two attached hydrogens (primary N) is 1. The molecule has 106 valence electrons. The van der Waals surface area contributed by atoms with Crippen LogP contribution in [-0.4, -0.2) is 11.6 Å². The zero-order valence-electron chi connectivity index (χ0n) is 11.6. The Kier molecular flexibility index (Phi) is 5.39. The van der Waals surface area contributed by atoms with E-state index in [4.69, 9.17) is 22.1 Å². The first-order valence-corrected chi connectivity index (χ1v) is 7.15. The van der Waals surface area contributed by atoms with Crippen molar-refractivity contribution in [3.8, 4) is 5.75 Å². The van der Waals surface area contributed by atoms with Gasteiger partial charge in [0.2, 0.25) is 0 Å². The van der Waals surface area contributed by atoms with Crippen LogP contribution in [0, 0.1) is 0 Å². The average Bonchev–Trinajstić information content (AvgIpc) is 2.48. The summed E-state index contributed by atoms with van der Waals surface area (Å²) in [7, 11) is 0. The lowest BCUT2D eigenvalue weighted by Crippen LogP contribution is -2.13. The Morgan fingerprint density at radius 2 is 2.20 bits per heavy atom. The molecule has 20 heavy (non-hydrogen) atoms. The third kappa shape index (κ3) is 3.95. The maximum absolute atomic E-state index is 6.26. The lowest BCUT2D eigenvalue weighted by Gasteiger charge is -2.14. The molecule has 1 unspecified atom stereocenters. The van der Waals surface area contributed by atoms with Gasteiger partial charge in [-0.2, -0.15) is 0 Å². The van der Waals surface area contributed by atoms with E-state index in [1.807, 2.05) is 30.3 Å². The first kappa shape index (κ1) is 14.8. The number of ether oxygens (including phenoxy) is 1. The van der Waals surface area contributed by atoms with Crippen molar-refractivity contribution in [2.24, 2.45) is 5.73 Å². The number of halogens is 1. The van der Waals surface area contributed by atoms with Crippen LogP contribution in [0.1, 0.15) is 30.5 Å². The summed E-state index contributed by atoms with van der Waals surface area (Å²) in [5.74, 6) is 0.862. The number of rotatable bonds is 6. The molecule has 1 atom stereocenters. The first-order valence-electron chi connectivity index (χ1n) is 6.77. The number of hydrogen-bond donors (Lipinski definition) is 1. The molecule has 0 bridgehead atoms. The highest BCUT2D eigenvalue weighted by Gasteiger charge is 2.10. The summed E-state index contributed by atoms with van der Waals surface area (Å²) >= 11 is 6.11. The Bertz CT molecular complexity index is 560. The Labute approximate surface area is 124 Å². The van der Waals surface area contributed by atoms with E-state index in [1.54, 1.807) is 12.4 Å². The predicted octanol–water partition coefficient (Wildman–Crippen LogP) is 3.77. The fourth-order valence-electron chi connectivity index (χ4n) is 1.98. The molecule has 0 spiro atoms. The molecule has 0 fully saturated rings. The van der Waals surface area contributed by atoms with Gasteiger partial charge in [-0.1, -0.05) is 30.7 Å². The van der Waals surface area contributed by atoms with E-state index in [9.17, 15) is 0 Å². The van der Waals surface area contributed by atoms with Gasteiger partial charge in [0.15, 0.2) is 0 Å². The summed E-state index contributed by atoms with van der Waals surface area (Å²) in [6.45, 7) is 2.80. The minimum atomic E-state index is -0.111. The quantitative estimate of drug-likeness (QED) is 0.881. The van der Waals surface area contributed by atoms with Crippen LogP contribution in [0.25, 0.3) is 0 Å². The molecule has 1 heterocycles. The van der Waals surface area contributed by atoms with Crippen LogP contribution >= 0.6 is 11.6 Å². The van der Waals surface area contributed by atoms with Crippen LogP contribution < -0.4 is 10.5 Å². The third-order valence-electron chi connectivity index (χ3n) is 3.06. The number of hydrogen-bond acceptors (Lipinski definition) is 3. The maximum Gasteiger partial charge on any atom is 0.119 e. The Hall–Kier alpha value is -1.58. The topological polar surface area (TPSA) is 48.1 Å². The zero-order chi connectivity index (χ0) is 14.4. The van der Waals surface area contributed by atoms with Crippen LogP contribution in [0.15, 0.2) is 42.7 Å². The van der Waals surface area contributed by atoms with Gasteiger partial charge in [0, 0.05) is 18.4 Å². The minimum Gasteiger partial charge on any atom is -0.494 e. The van der Waals surface area contributed by atoms with Crippen molar-refractivity contribution < 1.29 is 4.74 Å². The number of benzene rings is 1. The van der Waals surface area contributed by atoms with E-state index >= 15 is 0 Å². The van der Waals surface area contributed by atoms with Crippen LogP contribution in [0.3, 0.4) is 0 Å². The van der Waals surface area contributed by atoms with E-state index in [0.29, 0.717) is 11.4 Å². The molecule has 2 N–H and O–H groups in total. The van der Waals surface area contributed by atoms with Gasteiger partial charge in [-0.25, -0.2) is 0 Å². The van der Waals surface area contributed by atoms with Crippen molar-refractivity contribution in [2.75, 3.05) is 6.61 Å². The third-order valence-corrected chi connectivity index (χ3v) is 3.40. The molecule has 2 aromatic rings. The normalized spacial score (nSPS) is 12.2. The van der Waals surface area contributed by atoms with Crippen LogP contribution in [0.5, 0.6) is 5.75 Å². The Morgan fingerprint density at radius 1 is 1.35 bits per heavy atom. The Balaban J connectivity index is 2.09. The molecule has 1 aromatic heterocycles. The average molecular weight is 291 g/mol. The monoisotopic (exact) mass is 290 g/mol. The second-order valence-corrected chi connectivity index (χ2v) is 5.11. The highest BCUT2D eigenvalue weighted by atomic mass is 35.5. The summed E-state index contributed by atoms with van der Waals surface area (Å²) in [6, 6.07) is 9.72. The van der Waals surface area contributed by atoms with E-state index in [2.05, 4.69) is 11.9 Å². The van der Waals surface area contributed by atoms with Crippen molar-refractivity contribution in [1.29, 1.82) is 0 Å². The molecule has 0 aliphatic carbocycles. The summed E-state index contributed by atoms with van der Waals surface area (Å²) in [6.07, 6.45) is 5.04. The van der Waals surface area contributed by atoms with Gasteiger partial charge in [-0.05, 0) is 42.2 Å². The van der Waals surface area contributed by atoms with Crippen molar-refractivity contribution in [1.82, 2.24) is 4.98 Å². The van der Waals surface area contributed by atoms with E-state index < -0.39 is 0 Å². The molecule has 0 saturated carbocycles. The smallest absolute Gasteiger partial charge is 0.119 e. The van der Waals surface area contributed by atoms with Crippen LogP contribution in [0.2, 0.25) is 5.02 Å². The van der Waals surface area contributed by atoms with E-state index in [0.717, 1.165) is 29.9 Å². The van der Waals surface area contributed by atoms with Gasteiger partial charge >= 0.3 is 0 Å². The Morgan fingerprint density at radius 3 is 2.95 bits per heavy atom. The summed E-state index contributed by atoms with van der Waals surface area (Å²) < 4.78 is 5.63. The molecule has 0 amide bonds. The molecular weight excluding hydrogens is 272 g/mol. The van der Waals surface area contributed by atoms with Gasteiger partial charge < -0.3 is 10.5 Å². The molecule has 4 heteroatoms. The fourth-order valence-corrected chi connectivity index (χ4v) is 2.18. The first-order chi connectivity index (χ1) is 9.70. The molecule has 0 aliphatic heterocycles. The molecule has 0 saturated heterocycles. The number of pyridine rings is 1. The highest BCUT2D eigenvalue weighted by Crippen LogP contribution is 2.23. The van der Waals surface area contributed by atoms with Crippen LogP contribution in [-0.2, 0) is 6.42 Å². The van der Waals surface area contributed by atoms with E-state index in [-0.39, 0.29) is 6.04 Å². The van der Waals surface area contributed by atoms with Crippen molar-refractivity contribution in [3.63, 3.8) is 0 Å². The second kappa shape index (κ2) is 7.27. The standard InChI is InChI=1S/C16H19ClN2O/c1-2-8-20-14-5-3-4-13(9-14)16(18)10-12-6-7-19-11-15(12)17/h3-7,9,11,16H,2,8,10,18H2,1H3. The van der Waals surface area contributed by atoms with Gasteiger partial charge in [-0.3, -0.25) is 4.98 Å². The summed E-state index contributed by atoms with van der Waals surface area (Å²) in [5, 5.41) is 0.654. The zero-order valence-corrected chi connectivity index (χ0v) is 12.3. The van der Waals surface area contributed by atoms with Gasteiger partial charge in [-0.15, -0.1) is 0 Å². The number of aromatic nitrogens is 1. The van der Waals surface area contributed by atoms with Crippen molar-refractivity contribution >= 4 is 11.6 Å². The minimum absolute atomic E-state index is 0.111. The number of nitrogens with zero attached hydrogens (tertiary/aromatic N) is 1. The summed E-state index contributed by atoms with van der Waals surface area (Å²) in [5.41, 5.74) is 8.31. The van der Waals surface area contributed by atoms with Crippen LogP contribution in [0.4, 0.5) is 0 Å². The van der Waals surface area contributed by atoms with E-state index in [1.165, 1.54) is 0 Å². The molecule has 1 aromatic carbocycles. The van der Waals surface area contributed by atoms with Crippen molar-refractivity contribution in [2.45, 2.75) is 25.8 Å². The SMILES string of the molecule is CCCOc1cccc(C(N)Cc2ccncc2Cl)c1. The lowest BCUT2D eigenvalue weighted by molar-refractivity contribution is 0.317. The molecule has 0 radical (unpaired) electrons. The van der Waals surface area contributed by atoms with Gasteiger partial charge in [0.05, 0.1) is 11.6 Å². The molecular formula is C16H19ClN2O. The predicted molar refractivity (Wildman–Crippen MR) is 82.1 cm³/mol. The second-order valence-electron chi connectivity index (χ2n) is 4.70. The fraction of sp³-hybridized carbons (Fsp3) is 0.312. The van der Waals surface area contributed by atoms with Crippen molar-refractivity contribution in [3.05, 3.63) is 58.9 Å². The molecule has 3 nitrogen and oxygen atoms in total. The summed E-state index contributed by atoms with van der Waals surface area (Å²) in [4.78, 5) is 3.98. The molecule has 2 rings (SSSR count). The van der Waals surface area contributed by atoms with Gasteiger partial charge in [0.25, 0.3) is 0 Å². The maximum atomic E-state index is 6.26. The highest BCUT2D eigenvalue weighted by molar-refractivity contribution is 6.31. The van der Waals surface area contributed by atoms with Gasteiger partial charge in [0.1, 0.15) is 5.75 Å².